The Balaban J connectivity index is 0.000000289. The van der Waals surface area contributed by atoms with E-state index < -0.39 is 48.8 Å². The molecule has 0 aliphatic carbocycles. The van der Waals surface area contributed by atoms with Crippen LogP contribution in [0.25, 0.3) is 0 Å². The Bertz CT molecular complexity index is 1660. The number of benzene rings is 2. The fraction of sp³-hybridized carbons (Fsp3) is 0.658. The van der Waals surface area contributed by atoms with Crippen molar-refractivity contribution in [1.82, 2.24) is 20.0 Å². The molecule has 63 heavy (non-hydrogen) atoms. The molecule has 6 rings (SSSR count). The SMILES string of the molecule is C.Fc1cccc(CN2CCNCC2)c1N1CCOCC1.O=C(OC(C(F)(F)F)C(F)(F)F)N1CCN(Cc2cccc(F)c2N2CCOCC2)CC1.OC(C(F)(F)F)C(F)(F)F. The molecule has 4 saturated heterocycles. The smallest absolute Gasteiger partial charge is 0.426 e. The maximum absolute atomic E-state index is 14.5. The molecule has 0 bridgehead atoms. The molecule has 0 aromatic heterocycles. The molecular weight excluding hydrogens is 886 g/mol. The van der Waals surface area contributed by atoms with Gasteiger partial charge in [0, 0.05) is 91.6 Å². The average molecular weight is 937 g/mol. The molecule has 0 atom stereocenters. The highest BCUT2D eigenvalue weighted by molar-refractivity contribution is 5.68. The maximum atomic E-state index is 14.5. The first-order valence-corrected chi connectivity index (χ1v) is 19.2. The van der Waals surface area contributed by atoms with E-state index in [1.54, 1.807) is 18.2 Å². The highest BCUT2D eigenvalue weighted by atomic mass is 19.4. The number of nitrogens with one attached hydrogen (secondary N) is 1. The van der Waals surface area contributed by atoms with E-state index in [1.807, 2.05) is 15.9 Å². The van der Waals surface area contributed by atoms with Crippen LogP contribution in [0.5, 0.6) is 0 Å². The summed E-state index contributed by atoms with van der Waals surface area (Å²) in [6, 6.07) is 10.1. The molecule has 0 saturated carbocycles. The summed E-state index contributed by atoms with van der Waals surface area (Å²) >= 11 is 0. The van der Waals surface area contributed by atoms with E-state index in [0.717, 1.165) is 62.0 Å². The van der Waals surface area contributed by atoms with Gasteiger partial charge < -0.3 is 39.3 Å². The first-order valence-electron chi connectivity index (χ1n) is 19.2. The number of rotatable bonds is 7. The van der Waals surface area contributed by atoms with Crippen molar-refractivity contribution >= 4 is 17.5 Å². The summed E-state index contributed by atoms with van der Waals surface area (Å²) in [5, 5.41) is 10.8. The summed E-state index contributed by atoms with van der Waals surface area (Å²) < 4.78 is 185. The standard InChI is InChI=1S/C19H22F7N3O3.C15H22FN3O.C3H2F6O.CH4/c20-14-3-1-2-13(15(14)28-8-10-31-11-9-28)12-27-4-6-29(7-5-27)17(30)32-16(18(21,22)23)19(24,25)26;16-14-3-1-2-13(12-18-6-4-17-5-7-18)15(14)19-8-10-20-11-9-19;4-2(5,6)1(10)3(7,8)9;/h1-3,16H,4-12H2;1-3,17H,4-12H2;1,10H;1H4. The van der Waals surface area contributed by atoms with Crippen LogP contribution >= 0.6 is 0 Å². The molecule has 4 aliphatic heterocycles. The molecule has 4 fully saturated rings. The lowest BCUT2D eigenvalue weighted by Crippen LogP contribution is -2.52. The molecular formula is C38H50F14N6O5. The number of aliphatic hydroxyl groups excluding tert-OH is 1. The summed E-state index contributed by atoms with van der Waals surface area (Å²) in [5.41, 5.74) is 3.00. The fourth-order valence-corrected chi connectivity index (χ4v) is 6.78. The number of carbonyl (C=O) groups excluding carboxylic acids is 1. The van der Waals surface area contributed by atoms with E-state index in [1.165, 1.54) is 6.07 Å². The van der Waals surface area contributed by atoms with Gasteiger partial charge in [0.15, 0.2) is 0 Å². The molecule has 2 N–H and O–H groups in total. The number of alkyl halides is 12. The molecule has 2 aromatic rings. The van der Waals surface area contributed by atoms with Gasteiger partial charge in [0.2, 0.25) is 6.10 Å². The number of hydrogen-bond acceptors (Lipinski definition) is 10. The number of hydrogen-bond donors (Lipinski definition) is 2. The number of carbonyl (C=O) groups is 1. The van der Waals surface area contributed by atoms with Gasteiger partial charge >= 0.3 is 30.8 Å². The van der Waals surface area contributed by atoms with Gasteiger partial charge in [-0.2, -0.15) is 52.7 Å². The lowest BCUT2D eigenvalue weighted by Gasteiger charge is -2.36. The highest BCUT2D eigenvalue weighted by Gasteiger charge is 2.60. The van der Waals surface area contributed by atoms with Crippen LogP contribution in [0.4, 0.5) is 77.6 Å². The molecule has 360 valence electrons. The number of amides is 1. The minimum Gasteiger partial charge on any atom is -0.426 e. The monoisotopic (exact) mass is 936 g/mol. The Hall–Kier alpha value is -3.91. The zero-order valence-corrected chi connectivity index (χ0v) is 33.0. The Morgan fingerprint density at radius 3 is 1.33 bits per heavy atom. The van der Waals surface area contributed by atoms with Crippen molar-refractivity contribution in [2.75, 3.05) is 115 Å². The second-order valence-corrected chi connectivity index (χ2v) is 14.3. The van der Waals surface area contributed by atoms with Crippen LogP contribution in [0.15, 0.2) is 36.4 Å². The predicted octanol–water partition coefficient (Wildman–Crippen LogP) is 6.59. The van der Waals surface area contributed by atoms with Gasteiger partial charge in [0.1, 0.15) is 11.6 Å². The van der Waals surface area contributed by atoms with Crippen LogP contribution in [0.2, 0.25) is 0 Å². The molecule has 0 spiro atoms. The zero-order chi connectivity index (χ0) is 45.9. The summed E-state index contributed by atoms with van der Waals surface area (Å²) in [6.07, 6.45) is -32.9. The third-order valence-corrected chi connectivity index (χ3v) is 9.86. The van der Waals surface area contributed by atoms with Gasteiger partial charge in [0.05, 0.1) is 37.8 Å². The number of aliphatic hydroxyl groups is 1. The van der Waals surface area contributed by atoms with Crippen molar-refractivity contribution in [3.8, 4) is 0 Å². The second kappa shape index (κ2) is 23.3. The number of piperazine rings is 2. The van der Waals surface area contributed by atoms with Gasteiger partial charge in [0.25, 0.3) is 6.10 Å². The molecule has 25 heteroatoms. The minimum atomic E-state index is -5.76. The van der Waals surface area contributed by atoms with Crippen LogP contribution < -0.4 is 15.1 Å². The largest absolute Gasteiger partial charge is 0.434 e. The Labute approximate surface area is 354 Å². The van der Waals surface area contributed by atoms with E-state index >= 15 is 0 Å². The zero-order valence-electron chi connectivity index (χ0n) is 33.0. The molecule has 2 aromatic carbocycles. The third kappa shape index (κ3) is 16.2. The Morgan fingerprint density at radius 2 is 0.984 bits per heavy atom. The predicted molar refractivity (Wildman–Crippen MR) is 201 cm³/mol. The molecule has 1 amide bonds. The van der Waals surface area contributed by atoms with Gasteiger partial charge in [-0.25, -0.2) is 13.6 Å². The van der Waals surface area contributed by atoms with E-state index in [4.69, 9.17) is 14.6 Å². The van der Waals surface area contributed by atoms with Crippen molar-refractivity contribution in [3.63, 3.8) is 0 Å². The molecule has 0 unspecified atom stereocenters. The summed E-state index contributed by atoms with van der Waals surface area (Å²) in [4.78, 5) is 20.9. The number of anilines is 2. The molecule has 0 radical (unpaired) electrons. The maximum Gasteiger partial charge on any atom is 0.434 e. The van der Waals surface area contributed by atoms with Gasteiger partial charge in [-0.05, 0) is 23.3 Å². The third-order valence-electron chi connectivity index (χ3n) is 9.86. The number of morpholine rings is 2. The van der Waals surface area contributed by atoms with Gasteiger partial charge in [-0.1, -0.05) is 31.7 Å². The fourth-order valence-electron chi connectivity index (χ4n) is 6.78. The first-order chi connectivity index (χ1) is 29.0. The van der Waals surface area contributed by atoms with Gasteiger partial charge in [-0.15, -0.1) is 0 Å². The average Bonchev–Trinajstić information content (AvgIpc) is 3.20. The molecule has 4 aliphatic rings. The van der Waals surface area contributed by atoms with Crippen LogP contribution in [0, 0.1) is 11.6 Å². The number of para-hydroxylation sites is 2. The Kier molecular flexibility index (Phi) is 19.8. The van der Waals surface area contributed by atoms with Crippen molar-refractivity contribution in [3.05, 3.63) is 59.2 Å². The number of nitrogens with zero attached hydrogens (tertiary/aromatic N) is 5. The first kappa shape index (κ1) is 53.4. The van der Waals surface area contributed by atoms with Crippen molar-refractivity contribution in [2.45, 2.75) is 57.4 Å². The number of halogens is 14. The molecule has 4 heterocycles. The minimum absolute atomic E-state index is 0. The van der Waals surface area contributed by atoms with Crippen LogP contribution in [0.3, 0.4) is 0 Å². The number of ether oxygens (including phenoxy) is 3. The summed E-state index contributed by atoms with van der Waals surface area (Å²) in [6.45, 7) is 10.2. The highest BCUT2D eigenvalue weighted by Crippen LogP contribution is 2.37. The van der Waals surface area contributed by atoms with Crippen LogP contribution in [-0.4, -0.2) is 168 Å². The quantitative estimate of drug-likeness (QED) is 0.297. The van der Waals surface area contributed by atoms with Crippen LogP contribution in [0.1, 0.15) is 18.6 Å². The van der Waals surface area contributed by atoms with Gasteiger partial charge in [-0.3, -0.25) is 9.80 Å². The normalized spacial score (nSPS) is 18.6. The van der Waals surface area contributed by atoms with E-state index in [-0.39, 0.29) is 39.4 Å². The van der Waals surface area contributed by atoms with E-state index in [2.05, 4.69) is 25.9 Å². The lowest BCUT2D eigenvalue weighted by atomic mass is 10.1. The Morgan fingerprint density at radius 1 is 0.603 bits per heavy atom. The lowest BCUT2D eigenvalue weighted by molar-refractivity contribution is -0.309. The van der Waals surface area contributed by atoms with Crippen molar-refractivity contribution < 1.29 is 85.6 Å². The van der Waals surface area contributed by atoms with E-state index in [0.29, 0.717) is 57.3 Å². The van der Waals surface area contributed by atoms with E-state index in [9.17, 15) is 66.3 Å². The second-order valence-electron chi connectivity index (χ2n) is 14.3. The molecule has 11 nitrogen and oxygen atoms in total. The van der Waals surface area contributed by atoms with Crippen molar-refractivity contribution in [1.29, 1.82) is 0 Å². The summed E-state index contributed by atoms with van der Waals surface area (Å²) in [5.74, 6) is -0.503. The topological polar surface area (TPSA) is 93.2 Å². The summed E-state index contributed by atoms with van der Waals surface area (Å²) in [7, 11) is 0. The van der Waals surface area contributed by atoms with Crippen molar-refractivity contribution in [2.24, 2.45) is 0 Å². The van der Waals surface area contributed by atoms with Crippen LogP contribution in [-0.2, 0) is 27.3 Å².